The number of aliphatic hydroxyl groups excluding tert-OH is 2. The molecule has 0 aromatic carbocycles. The van der Waals surface area contributed by atoms with E-state index in [1.807, 2.05) is 0 Å². The monoisotopic (exact) mass is 223 g/mol. The molecule has 0 amide bonds. The van der Waals surface area contributed by atoms with Gasteiger partial charge in [-0.25, -0.2) is 15.0 Å². The van der Waals surface area contributed by atoms with Crippen LogP contribution < -0.4 is 5.73 Å². The number of fused-ring (bicyclic) bond motifs is 1. The number of nitrogens with zero attached hydrogens (tertiary/aromatic N) is 4. The summed E-state index contributed by atoms with van der Waals surface area (Å²) < 4.78 is 1.69. The fraction of sp³-hybridized carbons (Fsp3) is 0.444. The van der Waals surface area contributed by atoms with Gasteiger partial charge in [0.2, 0.25) is 0 Å². The van der Waals surface area contributed by atoms with Crippen LogP contribution in [-0.2, 0) is 6.54 Å². The summed E-state index contributed by atoms with van der Waals surface area (Å²) in [6.07, 6.45) is 2.60. The molecule has 7 nitrogen and oxygen atoms in total. The van der Waals surface area contributed by atoms with Gasteiger partial charge in [0.25, 0.3) is 0 Å². The summed E-state index contributed by atoms with van der Waals surface area (Å²) in [7, 11) is 0. The van der Waals surface area contributed by atoms with Crippen LogP contribution >= 0.6 is 0 Å². The first-order valence-corrected chi connectivity index (χ1v) is 4.92. The second-order valence-corrected chi connectivity index (χ2v) is 3.49. The summed E-state index contributed by atoms with van der Waals surface area (Å²) in [6, 6.07) is 0. The highest BCUT2D eigenvalue weighted by Gasteiger charge is 2.10. The molecule has 0 aliphatic carbocycles. The Kier molecular flexibility index (Phi) is 2.97. The smallest absolute Gasteiger partial charge is 0.165 e. The molecule has 0 aliphatic heterocycles. The molecule has 0 saturated heterocycles. The van der Waals surface area contributed by atoms with Crippen molar-refractivity contribution in [1.29, 1.82) is 0 Å². The van der Waals surface area contributed by atoms with Crippen molar-refractivity contribution in [2.24, 2.45) is 0 Å². The zero-order chi connectivity index (χ0) is 11.5. The van der Waals surface area contributed by atoms with Crippen LogP contribution in [0.15, 0.2) is 12.7 Å². The maximum atomic E-state index is 9.57. The third kappa shape index (κ3) is 1.95. The lowest BCUT2D eigenvalue weighted by molar-refractivity contribution is 0.118. The van der Waals surface area contributed by atoms with Crippen molar-refractivity contribution in [1.82, 2.24) is 19.5 Å². The molecule has 2 heterocycles. The molecule has 0 unspecified atom stereocenters. The number of hydrogen-bond donors (Lipinski definition) is 3. The van der Waals surface area contributed by atoms with Gasteiger partial charge < -0.3 is 20.5 Å². The fourth-order valence-electron chi connectivity index (χ4n) is 1.50. The van der Waals surface area contributed by atoms with E-state index in [-0.39, 0.29) is 6.61 Å². The molecule has 0 saturated carbocycles. The molecule has 0 spiro atoms. The molecule has 86 valence electrons. The summed E-state index contributed by atoms with van der Waals surface area (Å²) in [5.74, 6) is 0.320. The van der Waals surface area contributed by atoms with Gasteiger partial charge in [0.05, 0.1) is 19.0 Å². The van der Waals surface area contributed by atoms with Gasteiger partial charge in [-0.2, -0.15) is 0 Å². The minimum atomic E-state index is -0.626. The molecular weight excluding hydrogens is 210 g/mol. The number of anilines is 1. The molecule has 0 bridgehead atoms. The molecule has 4 N–H and O–H groups in total. The fourth-order valence-corrected chi connectivity index (χ4v) is 1.50. The predicted molar refractivity (Wildman–Crippen MR) is 57.4 cm³/mol. The number of rotatable bonds is 4. The van der Waals surface area contributed by atoms with E-state index in [1.165, 1.54) is 6.33 Å². The highest BCUT2D eigenvalue weighted by atomic mass is 16.3. The highest BCUT2D eigenvalue weighted by Crippen LogP contribution is 2.14. The summed E-state index contributed by atoms with van der Waals surface area (Å²) in [6.45, 7) is 0.276. The van der Waals surface area contributed by atoms with Crippen molar-refractivity contribution in [3.8, 4) is 0 Å². The van der Waals surface area contributed by atoms with Crippen LogP contribution in [0.5, 0.6) is 0 Å². The molecule has 16 heavy (non-hydrogen) atoms. The van der Waals surface area contributed by atoms with Crippen LogP contribution in [0.3, 0.4) is 0 Å². The third-order valence-corrected chi connectivity index (χ3v) is 2.30. The topological polar surface area (TPSA) is 110 Å². The molecule has 2 rings (SSSR count). The Hall–Kier alpha value is -1.73. The second kappa shape index (κ2) is 4.42. The van der Waals surface area contributed by atoms with Crippen molar-refractivity contribution >= 4 is 17.0 Å². The first-order chi connectivity index (χ1) is 7.72. The molecule has 0 radical (unpaired) electrons. The van der Waals surface area contributed by atoms with Gasteiger partial charge in [-0.05, 0) is 6.42 Å². The Balaban J connectivity index is 2.28. The number of aromatic nitrogens is 4. The summed E-state index contributed by atoms with van der Waals surface area (Å²) in [5, 5.41) is 18.3. The van der Waals surface area contributed by atoms with Gasteiger partial charge in [0.15, 0.2) is 11.5 Å². The standard InChI is InChI=1S/C9H13N5O2/c10-8-7-9(12-4-11-8)14(5-13-7)3-6(16)1-2-15/h4-6,15-16H,1-3H2,(H2,10,11,12)/t6-/m0/s1. The molecular formula is C9H13N5O2. The summed E-state index contributed by atoms with van der Waals surface area (Å²) in [4.78, 5) is 11.9. The van der Waals surface area contributed by atoms with Crippen LogP contribution in [-0.4, -0.2) is 42.4 Å². The SMILES string of the molecule is Nc1ncnc2c1ncn2C[C@@H](O)CCO. The first-order valence-electron chi connectivity index (χ1n) is 4.92. The Labute approximate surface area is 91.6 Å². The van der Waals surface area contributed by atoms with Crippen LogP contribution in [0.4, 0.5) is 5.82 Å². The van der Waals surface area contributed by atoms with E-state index in [0.717, 1.165) is 0 Å². The van der Waals surface area contributed by atoms with Crippen LogP contribution in [0.1, 0.15) is 6.42 Å². The quantitative estimate of drug-likeness (QED) is 0.623. The van der Waals surface area contributed by atoms with Gasteiger partial charge in [-0.1, -0.05) is 0 Å². The van der Waals surface area contributed by atoms with Gasteiger partial charge in [0, 0.05) is 6.61 Å². The molecule has 0 fully saturated rings. The van der Waals surface area contributed by atoms with Gasteiger partial charge in [0.1, 0.15) is 11.8 Å². The Morgan fingerprint density at radius 2 is 2.19 bits per heavy atom. The number of hydrogen-bond acceptors (Lipinski definition) is 6. The number of imidazole rings is 1. The maximum absolute atomic E-state index is 9.57. The van der Waals surface area contributed by atoms with Gasteiger partial charge in [-0.15, -0.1) is 0 Å². The number of aliphatic hydroxyl groups is 2. The van der Waals surface area contributed by atoms with E-state index in [2.05, 4.69) is 15.0 Å². The Morgan fingerprint density at radius 3 is 2.94 bits per heavy atom. The lowest BCUT2D eigenvalue weighted by Crippen LogP contribution is -2.17. The first kappa shape index (κ1) is 10.8. The summed E-state index contributed by atoms with van der Waals surface area (Å²) >= 11 is 0. The minimum Gasteiger partial charge on any atom is -0.396 e. The van der Waals surface area contributed by atoms with E-state index >= 15 is 0 Å². The molecule has 0 aliphatic rings. The highest BCUT2D eigenvalue weighted by molar-refractivity contribution is 5.81. The average molecular weight is 223 g/mol. The van der Waals surface area contributed by atoms with Crippen LogP contribution in [0.25, 0.3) is 11.2 Å². The summed E-state index contributed by atoms with van der Waals surface area (Å²) in [5.41, 5.74) is 6.74. The van der Waals surface area contributed by atoms with E-state index in [1.54, 1.807) is 10.9 Å². The van der Waals surface area contributed by atoms with E-state index in [0.29, 0.717) is 29.9 Å². The molecule has 1 atom stereocenters. The van der Waals surface area contributed by atoms with Gasteiger partial charge >= 0.3 is 0 Å². The minimum absolute atomic E-state index is 0.0507. The average Bonchev–Trinajstić information content (AvgIpc) is 2.64. The molecule has 7 heteroatoms. The van der Waals surface area contributed by atoms with E-state index < -0.39 is 6.10 Å². The zero-order valence-electron chi connectivity index (χ0n) is 8.61. The van der Waals surface area contributed by atoms with Crippen molar-refractivity contribution in [2.45, 2.75) is 19.1 Å². The van der Waals surface area contributed by atoms with Gasteiger partial charge in [-0.3, -0.25) is 0 Å². The Morgan fingerprint density at radius 1 is 1.38 bits per heavy atom. The zero-order valence-corrected chi connectivity index (χ0v) is 8.61. The lowest BCUT2D eigenvalue weighted by atomic mass is 10.2. The van der Waals surface area contributed by atoms with Crippen molar-refractivity contribution in [3.05, 3.63) is 12.7 Å². The predicted octanol–water partition coefficient (Wildman–Crippen LogP) is -0.848. The van der Waals surface area contributed by atoms with E-state index in [4.69, 9.17) is 10.8 Å². The molecule has 2 aromatic heterocycles. The number of nitrogens with two attached hydrogens (primary N) is 1. The normalized spacial score (nSPS) is 13.1. The van der Waals surface area contributed by atoms with Crippen LogP contribution in [0, 0.1) is 0 Å². The second-order valence-electron chi connectivity index (χ2n) is 3.49. The maximum Gasteiger partial charge on any atom is 0.165 e. The van der Waals surface area contributed by atoms with Crippen molar-refractivity contribution in [2.75, 3.05) is 12.3 Å². The lowest BCUT2D eigenvalue weighted by Gasteiger charge is -2.09. The largest absolute Gasteiger partial charge is 0.396 e. The Bertz CT molecular complexity index is 484. The van der Waals surface area contributed by atoms with Crippen molar-refractivity contribution in [3.63, 3.8) is 0 Å². The van der Waals surface area contributed by atoms with Crippen LogP contribution in [0.2, 0.25) is 0 Å². The number of nitrogen functional groups attached to an aromatic ring is 1. The van der Waals surface area contributed by atoms with Crippen molar-refractivity contribution < 1.29 is 10.2 Å². The van der Waals surface area contributed by atoms with E-state index in [9.17, 15) is 5.11 Å². The third-order valence-electron chi connectivity index (χ3n) is 2.30. The molecule has 2 aromatic rings.